The monoisotopic (exact) mass is 467 g/mol. The molecule has 2 unspecified atom stereocenters. The van der Waals surface area contributed by atoms with Crippen LogP contribution in [-0.2, 0) is 28.2 Å². The van der Waals surface area contributed by atoms with Crippen LogP contribution in [0, 0.1) is 5.41 Å². The lowest BCUT2D eigenvalue weighted by molar-refractivity contribution is 0.213. The number of anilines is 1. The molecule has 0 amide bonds. The molecule has 0 aliphatic carbocycles. The number of hydrogen-bond donors (Lipinski definition) is 1. The zero-order valence-corrected chi connectivity index (χ0v) is 21.3. The number of nitrogens with zero attached hydrogens (tertiary/aromatic N) is 4. The van der Waals surface area contributed by atoms with Crippen LogP contribution in [0.2, 0.25) is 0 Å². The highest BCUT2D eigenvalue weighted by molar-refractivity contribution is 7.80. The minimum absolute atomic E-state index is 0.00410. The third-order valence-corrected chi connectivity index (χ3v) is 7.24. The van der Waals surface area contributed by atoms with E-state index in [1.165, 1.54) is 31.5 Å². The molecule has 1 N–H and O–H groups in total. The summed E-state index contributed by atoms with van der Waals surface area (Å²) in [6, 6.07) is 0.398. The summed E-state index contributed by atoms with van der Waals surface area (Å²) in [4.78, 5) is 13.7. The van der Waals surface area contributed by atoms with Gasteiger partial charge in [-0.1, -0.05) is 20.8 Å². The molecule has 9 heteroatoms. The summed E-state index contributed by atoms with van der Waals surface area (Å²) in [6.45, 7) is 12.7. The van der Waals surface area contributed by atoms with E-state index in [1.54, 1.807) is 7.11 Å². The van der Waals surface area contributed by atoms with E-state index in [1.807, 2.05) is 0 Å². The zero-order valence-electron chi connectivity index (χ0n) is 20.5. The van der Waals surface area contributed by atoms with Crippen molar-refractivity contribution in [1.82, 2.24) is 20.2 Å². The van der Waals surface area contributed by atoms with Gasteiger partial charge in [0.15, 0.2) is 11.1 Å². The number of rotatable bonds is 5. The fraction of sp³-hybridized carbons (Fsp3) is 0.826. The predicted molar refractivity (Wildman–Crippen MR) is 130 cm³/mol. The number of likely N-dealkylation sites (tertiary alicyclic amines) is 1. The van der Waals surface area contributed by atoms with Crippen LogP contribution in [0.4, 0.5) is 5.82 Å². The molecule has 3 aliphatic heterocycles. The molecule has 4 heterocycles. The molecule has 0 saturated carbocycles. The van der Waals surface area contributed by atoms with Crippen molar-refractivity contribution in [3.63, 3.8) is 0 Å². The van der Waals surface area contributed by atoms with Gasteiger partial charge < -0.3 is 19.9 Å². The number of aromatic nitrogens is 2. The van der Waals surface area contributed by atoms with Crippen LogP contribution in [0.5, 0.6) is 6.01 Å². The number of ether oxygens (including phenoxy) is 1. The molecule has 4 rings (SSSR count). The standard InChI is InChI=1S/C18H30N4O3S.C5H11N/c1-18(2,3)12-25-26(23)13-6-5-9-22(11-13)16-14-7-8-19-10-15(14)20-17(21-16)24-4;1-6-4-2-3-5-6/h13,19H,5-12H2,1-4H3;2-5H2,1H3. The maximum absolute atomic E-state index is 12.6. The van der Waals surface area contributed by atoms with E-state index in [-0.39, 0.29) is 10.7 Å². The van der Waals surface area contributed by atoms with Crippen LogP contribution in [0.1, 0.15) is 57.7 Å². The third-order valence-electron chi connectivity index (χ3n) is 5.96. The summed E-state index contributed by atoms with van der Waals surface area (Å²) in [5.74, 6) is 0.936. The highest BCUT2D eigenvalue weighted by Crippen LogP contribution is 2.29. The topological polar surface area (TPSA) is 79.8 Å². The molecule has 2 atom stereocenters. The van der Waals surface area contributed by atoms with Gasteiger partial charge in [-0.25, -0.2) is 4.21 Å². The fourth-order valence-electron chi connectivity index (χ4n) is 4.16. The summed E-state index contributed by atoms with van der Waals surface area (Å²) in [7, 11) is 3.77. The van der Waals surface area contributed by atoms with Crippen LogP contribution in [0.15, 0.2) is 0 Å². The molecule has 8 nitrogen and oxygen atoms in total. The Hall–Kier alpha value is -1.29. The molecule has 2 fully saturated rings. The zero-order chi connectivity index (χ0) is 23.1. The first kappa shape index (κ1) is 25.3. The minimum atomic E-state index is -1.28. The van der Waals surface area contributed by atoms with Crippen molar-refractivity contribution in [1.29, 1.82) is 0 Å². The van der Waals surface area contributed by atoms with Crippen molar-refractivity contribution in [2.24, 2.45) is 5.41 Å². The van der Waals surface area contributed by atoms with E-state index >= 15 is 0 Å². The van der Waals surface area contributed by atoms with Gasteiger partial charge in [0.1, 0.15) is 5.82 Å². The first-order valence-electron chi connectivity index (χ1n) is 11.9. The van der Waals surface area contributed by atoms with Gasteiger partial charge in [0.2, 0.25) is 0 Å². The van der Waals surface area contributed by atoms with Crippen LogP contribution in [0.3, 0.4) is 0 Å². The Morgan fingerprint density at radius 2 is 1.91 bits per heavy atom. The Morgan fingerprint density at radius 3 is 2.53 bits per heavy atom. The maximum Gasteiger partial charge on any atom is 0.318 e. The van der Waals surface area contributed by atoms with Crippen LogP contribution in [0.25, 0.3) is 0 Å². The Kier molecular flexibility index (Phi) is 9.28. The van der Waals surface area contributed by atoms with Gasteiger partial charge in [-0.15, -0.1) is 0 Å². The van der Waals surface area contributed by atoms with Crippen molar-refractivity contribution in [3.05, 3.63) is 11.3 Å². The lowest BCUT2D eigenvalue weighted by Gasteiger charge is -2.35. The lowest BCUT2D eigenvalue weighted by atomic mass is 9.99. The first-order chi connectivity index (χ1) is 15.3. The predicted octanol–water partition coefficient (Wildman–Crippen LogP) is 2.54. The lowest BCUT2D eigenvalue weighted by Crippen LogP contribution is -2.42. The van der Waals surface area contributed by atoms with E-state index in [0.717, 1.165) is 50.4 Å². The molecule has 0 radical (unpaired) electrons. The smallest absolute Gasteiger partial charge is 0.318 e. The maximum atomic E-state index is 12.6. The van der Waals surface area contributed by atoms with E-state index < -0.39 is 11.1 Å². The number of hydrogen-bond acceptors (Lipinski definition) is 8. The van der Waals surface area contributed by atoms with Gasteiger partial charge in [0, 0.05) is 25.2 Å². The molecule has 182 valence electrons. The molecular formula is C23H41N5O3S. The second-order valence-electron chi connectivity index (χ2n) is 10.2. The van der Waals surface area contributed by atoms with Crippen molar-refractivity contribution in [2.45, 2.75) is 64.7 Å². The summed E-state index contributed by atoms with van der Waals surface area (Å²) in [5, 5.41) is 3.35. The van der Waals surface area contributed by atoms with Crippen molar-refractivity contribution >= 4 is 16.9 Å². The summed E-state index contributed by atoms with van der Waals surface area (Å²) < 4.78 is 23.6. The average molecular weight is 468 g/mol. The molecule has 0 aromatic carbocycles. The fourth-order valence-corrected chi connectivity index (χ4v) is 5.49. The Labute approximate surface area is 196 Å². The molecule has 1 aromatic rings. The first-order valence-corrected chi connectivity index (χ1v) is 13.0. The molecular weight excluding hydrogens is 426 g/mol. The Bertz CT molecular complexity index is 765. The highest BCUT2D eigenvalue weighted by atomic mass is 32.2. The SMILES string of the molecule is CN1CCCC1.COc1nc2c(c(N3CCCC(S(=O)OCC(C)(C)C)C3)n1)CCNC2. The number of nitrogens with one attached hydrogen (secondary N) is 1. The van der Waals surface area contributed by atoms with Gasteiger partial charge >= 0.3 is 6.01 Å². The highest BCUT2D eigenvalue weighted by Gasteiger charge is 2.30. The van der Waals surface area contributed by atoms with Gasteiger partial charge in [-0.05, 0) is 64.2 Å². The Balaban J connectivity index is 0.000000416. The summed E-state index contributed by atoms with van der Waals surface area (Å²) in [5.41, 5.74) is 2.20. The van der Waals surface area contributed by atoms with Gasteiger partial charge in [-0.2, -0.15) is 9.97 Å². The van der Waals surface area contributed by atoms with Crippen molar-refractivity contribution in [3.8, 4) is 6.01 Å². The van der Waals surface area contributed by atoms with E-state index in [0.29, 0.717) is 19.2 Å². The average Bonchev–Trinajstić information content (AvgIpc) is 3.27. The van der Waals surface area contributed by atoms with E-state index in [4.69, 9.17) is 8.92 Å². The van der Waals surface area contributed by atoms with Crippen LogP contribution in [-0.4, -0.2) is 77.8 Å². The van der Waals surface area contributed by atoms with E-state index in [9.17, 15) is 4.21 Å². The normalized spacial score (nSPS) is 22.7. The molecule has 32 heavy (non-hydrogen) atoms. The summed E-state index contributed by atoms with van der Waals surface area (Å²) in [6.07, 6.45) is 5.63. The number of piperidine rings is 1. The van der Waals surface area contributed by atoms with Gasteiger partial charge in [0.25, 0.3) is 0 Å². The van der Waals surface area contributed by atoms with Gasteiger partial charge in [-0.3, -0.25) is 4.18 Å². The summed E-state index contributed by atoms with van der Waals surface area (Å²) >= 11 is -1.28. The molecule has 0 spiro atoms. The van der Waals surface area contributed by atoms with Crippen molar-refractivity contribution in [2.75, 3.05) is 58.4 Å². The van der Waals surface area contributed by atoms with Crippen LogP contribution < -0.4 is 15.0 Å². The van der Waals surface area contributed by atoms with E-state index in [2.05, 4.69) is 52.9 Å². The van der Waals surface area contributed by atoms with Crippen LogP contribution >= 0.6 is 0 Å². The second kappa shape index (κ2) is 11.7. The second-order valence-corrected chi connectivity index (χ2v) is 11.6. The molecule has 0 bridgehead atoms. The molecule has 2 saturated heterocycles. The number of fused-ring (bicyclic) bond motifs is 1. The molecule has 1 aromatic heterocycles. The Morgan fingerprint density at radius 1 is 1.16 bits per heavy atom. The quantitative estimate of drug-likeness (QED) is 0.708. The van der Waals surface area contributed by atoms with Gasteiger partial charge in [0.05, 0.1) is 24.7 Å². The number of methoxy groups -OCH3 is 1. The largest absolute Gasteiger partial charge is 0.467 e. The third kappa shape index (κ3) is 7.37. The minimum Gasteiger partial charge on any atom is -0.467 e. The van der Waals surface area contributed by atoms with Crippen molar-refractivity contribution < 1.29 is 13.1 Å². The molecule has 3 aliphatic rings.